The summed E-state index contributed by atoms with van der Waals surface area (Å²) in [4.78, 5) is 14.4. The summed E-state index contributed by atoms with van der Waals surface area (Å²) in [5, 5.41) is 0. The second-order valence-corrected chi connectivity index (χ2v) is 7.44. The van der Waals surface area contributed by atoms with Crippen LogP contribution in [-0.2, 0) is 4.79 Å². The molecule has 1 saturated heterocycles. The first-order valence-electron chi connectivity index (χ1n) is 6.13. The van der Waals surface area contributed by atoms with Crippen molar-refractivity contribution in [3.8, 4) is 0 Å². The number of amides is 1. The SMILES string of the molecule is CC1(C)CCN(C(=O)C2(CN)CC2)CCS1. The molecule has 92 valence electrons. The highest BCUT2D eigenvalue weighted by molar-refractivity contribution is 8.00. The van der Waals surface area contributed by atoms with E-state index in [0.29, 0.717) is 17.2 Å². The number of thioether (sulfide) groups is 1. The molecule has 0 radical (unpaired) electrons. The van der Waals surface area contributed by atoms with Crippen LogP contribution in [0.1, 0.15) is 33.1 Å². The lowest BCUT2D eigenvalue weighted by atomic mass is 10.0. The van der Waals surface area contributed by atoms with Gasteiger partial charge in [-0.2, -0.15) is 11.8 Å². The monoisotopic (exact) mass is 242 g/mol. The van der Waals surface area contributed by atoms with Crippen LogP contribution in [0.2, 0.25) is 0 Å². The van der Waals surface area contributed by atoms with Gasteiger partial charge in [-0.1, -0.05) is 13.8 Å². The summed E-state index contributed by atoms with van der Waals surface area (Å²) in [6.07, 6.45) is 3.08. The quantitative estimate of drug-likeness (QED) is 0.797. The predicted octanol–water partition coefficient (Wildman–Crippen LogP) is 1.47. The van der Waals surface area contributed by atoms with Gasteiger partial charge in [0.2, 0.25) is 5.91 Å². The molecule has 0 aromatic carbocycles. The van der Waals surface area contributed by atoms with Crippen LogP contribution in [-0.4, -0.2) is 40.9 Å². The number of rotatable bonds is 2. The highest BCUT2D eigenvalue weighted by atomic mass is 32.2. The summed E-state index contributed by atoms with van der Waals surface area (Å²) in [7, 11) is 0. The molecule has 2 fully saturated rings. The molecule has 0 unspecified atom stereocenters. The summed E-state index contributed by atoms with van der Waals surface area (Å²) >= 11 is 1.98. The molecule has 1 amide bonds. The van der Waals surface area contributed by atoms with Crippen LogP contribution in [0.5, 0.6) is 0 Å². The van der Waals surface area contributed by atoms with Gasteiger partial charge in [-0.15, -0.1) is 0 Å². The number of carbonyl (C=O) groups excluding carboxylic acids is 1. The average Bonchev–Trinajstić information content (AvgIpc) is 3.02. The first-order chi connectivity index (χ1) is 7.49. The lowest BCUT2D eigenvalue weighted by molar-refractivity contribution is -0.136. The summed E-state index contributed by atoms with van der Waals surface area (Å²) in [6, 6.07) is 0. The Morgan fingerprint density at radius 3 is 2.56 bits per heavy atom. The summed E-state index contributed by atoms with van der Waals surface area (Å²) in [5.41, 5.74) is 5.55. The van der Waals surface area contributed by atoms with Gasteiger partial charge < -0.3 is 10.6 Å². The fraction of sp³-hybridized carbons (Fsp3) is 0.917. The molecule has 1 aliphatic carbocycles. The number of nitrogens with zero attached hydrogens (tertiary/aromatic N) is 1. The lowest BCUT2D eigenvalue weighted by Gasteiger charge is -2.26. The largest absolute Gasteiger partial charge is 0.341 e. The zero-order chi connectivity index (χ0) is 11.8. The third kappa shape index (κ3) is 2.38. The Hall–Kier alpha value is -0.220. The van der Waals surface area contributed by atoms with E-state index in [1.165, 1.54) is 0 Å². The van der Waals surface area contributed by atoms with Crippen LogP contribution in [0.15, 0.2) is 0 Å². The van der Waals surface area contributed by atoms with Gasteiger partial charge in [0, 0.05) is 30.1 Å². The van der Waals surface area contributed by atoms with Crippen LogP contribution in [0.25, 0.3) is 0 Å². The minimum absolute atomic E-state index is 0.168. The molecule has 2 rings (SSSR count). The second kappa shape index (κ2) is 4.22. The van der Waals surface area contributed by atoms with Crippen LogP contribution < -0.4 is 5.73 Å². The summed E-state index contributed by atoms with van der Waals surface area (Å²) < 4.78 is 0.314. The molecular weight excluding hydrogens is 220 g/mol. The maximum absolute atomic E-state index is 12.3. The van der Waals surface area contributed by atoms with Crippen molar-refractivity contribution in [2.45, 2.75) is 37.9 Å². The molecule has 0 aromatic rings. The Morgan fingerprint density at radius 2 is 2.00 bits per heavy atom. The van der Waals surface area contributed by atoms with E-state index < -0.39 is 0 Å². The van der Waals surface area contributed by atoms with Crippen molar-refractivity contribution in [1.82, 2.24) is 4.90 Å². The highest BCUT2D eigenvalue weighted by Gasteiger charge is 2.50. The van der Waals surface area contributed by atoms with Crippen molar-refractivity contribution < 1.29 is 4.79 Å². The molecule has 1 aliphatic heterocycles. The Balaban J connectivity index is 1.98. The second-order valence-electron chi connectivity index (χ2n) is 5.63. The van der Waals surface area contributed by atoms with Crippen LogP contribution in [0.3, 0.4) is 0 Å². The highest BCUT2D eigenvalue weighted by Crippen LogP contribution is 2.46. The first-order valence-corrected chi connectivity index (χ1v) is 7.11. The van der Waals surface area contributed by atoms with E-state index in [2.05, 4.69) is 13.8 Å². The lowest BCUT2D eigenvalue weighted by Crippen LogP contribution is -2.41. The normalized spacial score (nSPS) is 27.3. The molecule has 0 aromatic heterocycles. The van der Waals surface area contributed by atoms with Crippen molar-refractivity contribution in [3.63, 3.8) is 0 Å². The molecule has 3 nitrogen and oxygen atoms in total. The van der Waals surface area contributed by atoms with Crippen LogP contribution in [0, 0.1) is 5.41 Å². The molecule has 2 N–H and O–H groups in total. The Kier molecular flexibility index (Phi) is 3.23. The van der Waals surface area contributed by atoms with Gasteiger partial charge in [0.1, 0.15) is 0 Å². The minimum atomic E-state index is -0.168. The van der Waals surface area contributed by atoms with Crippen molar-refractivity contribution in [2.75, 3.05) is 25.4 Å². The van der Waals surface area contributed by atoms with Gasteiger partial charge in [-0.3, -0.25) is 4.79 Å². The number of hydrogen-bond acceptors (Lipinski definition) is 3. The molecule has 2 aliphatic rings. The minimum Gasteiger partial charge on any atom is -0.341 e. The zero-order valence-electron chi connectivity index (χ0n) is 10.3. The number of hydrogen-bond donors (Lipinski definition) is 1. The van der Waals surface area contributed by atoms with E-state index in [9.17, 15) is 4.79 Å². The number of nitrogens with two attached hydrogens (primary N) is 1. The van der Waals surface area contributed by atoms with E-state index >= 15 is 0 Å². The Labute approximate surface area is 102 Å². The zero-order valence-corrected chi connectivity index (χ0v) is 11.1. The average molecular weight is 242 g/mol. The van der Waals surface area contributed by atoms with Gasteiger partial charge >= 0.3 is 0 Å². The van der Waals surface area contributed by atoms with E-state index in [4.69, 9.17) is 5.73 Å². The molecule has 1 heterocycles. The fourth-order valence-corrected chi connectivity index (χ4v) is 3.31. The fourth-order valence-electron chi connectivity index (χ4n) is 2.21. The standard InChI is InChI=1S/C12H22N2OS/c1-11(2)5-6-14(7-8-16-11)10(15)12(9-13)3-4-12/h3-9,13H2,1-2H3. The molecule has 0 bridgehead atoms. The third-order valence-corrected chi connectivity index (χ3v) is 5.20. The smallest absolute Gasteiger partial charge is 0.230 e. The van der Waals surface area contributed by atoms with Crippen molar-refractivity contribution in [1.29, 1.82) is 0 Å². The molecule has 0 spiro atoms. The topological polar surface area (TPSA) is 46.3 Å². The van der Waals surface area contributed by atoms with Gasteiger partial charge in [0.15, 0.2) is 0 Å². The van der Waals surface area contributed by atoms with Gasteiger partial charge in [0.25, 0.3) is 0 Å². The van der Waals surface area contributed by atoms with E-state index in [0.717, 1.165) is 38.1 Å². The van der Waals surface area contributed by atoms with Crippen LogP contribution in [0.4, 0.5) is 0 Å². The van der Waals surface area contributed by atoms with E-state index in [-0.39, 0.29) is 5.41 Å². The molecular formula is C12H22N2OS. The van der Waals surface area contributed by atoms with E-state index in [1.807, 2.05) is 16.7 Å². The van der Waals surface area contributed by atoms with Crippen molar-refractivity contribution in [2.24, 2.45) is 11.1 Å². The maximum atomic E-state index is 12.3. The molecule has 0 atom stereocenters. The van der Waals surface area contributed by atoms with Gasteiger partial charge in [-0.25, -0.2) is 0 Å². The Bertz CT molecular complexity index is 287. The summed E-state index contributed by atoms with van der Waals surface area (Å²) in [6.45, 7) is 6.86. The maximum Gasteiger partial charge on any atom is 0.230 e. The third-order valence-electron chi connectivity index (χ3n) is 3.82. The first kappa shape index (κ1) is 12.2. The molecule has 16 heavy (non-hydrogen) atoms. The molecule has 1 saturated carbocycles. The van der Waals surface area contributed by atoms with Crippen molar-refractivity contribution in [3.05, 3.63) is 0 Å². The van der Waals surface area contributed by atoms with Crippen molar-refractivity contribution >= 4 is 17.7 Å². The Morgan fingerprint density at radius 1 is 1.31 bits per heavy atom. The molecule has 4 heteroatoms. The predicted molar refractivity (Wildman–Crippen MR) is 68.5 cm³/mol. The summed E-state index contributed by atoms with van der Waals surface area (Å²) in [5.74, 6) is 1.37. The van der Waals surface area contributed by atoms with Gasteiger partial charge in [0.05, 0.1) is 5.41 Å². The van der Waals surface area contributed by atoms with Crippen LogP contribution >= 0.6 is 11.8 Å². The number of carbonyl (C=O) groups is 1. The van der Waals surface area contributed by atoms with Gasteiger partial charge in [-0.05, 0) is 19.3 Å². The van der Waals surface area contributed by atoms with E-state index in [1.54, 1.807) is 0 Å².